The lowest BCUT2D eigenvalue weighted by Gasteiger charge is -2.33. The van der Waals surface area contributed by atoms with Crippen molar-refractivity contribution in [1.82, 2.24) is 19.2 Å². The van der Waals surface area contributed by atoms with Gasteiger partial charge in [0.05, 0.1) is 26.4 Å². The topological polar surface area (TPSA) is 103 Å². The molecule has 5 aromatic rings. The first-order valence-corrected chi connectivity index (χ1v) is 15.6. The van der Waals surface area contributed by atoms with Crippen LogP contribution in [0.1, 0.15) is 0 Å². The van der Waals surface area contributed by atoms with Gasteiger partial charge in [-0.1, -0.05) is 18.2 Å². The maximum Gasteiger partial charge on any atom is 0.259 e. The van der Waals surface area contributed by atoms with Crippen LogP contribution in [-0.2, 0) is 9.53 Å². The van der Waals surface area contributed by atoms with Crippen LogP contribution in [-0.4, -0.2) is 102 Å². The van der Waals surface area contributed by atoms with Crippen molar-refractivity contribution in [3.05, 3.63) is 71.1 Å². The monoisotopic (exact) mass is 598 g/mol. The molecular weight excluding hydrogens is 564 g/mol. The van der Waals surface area contributed by atoms with Gasteiger partial charge in [-0.3, -0.25) is 23.8 Å². The lowest BCUT2D eigenvalue weighted by molar-refractivity contribution is -0.117. The Morgan fingerprint density at radius 3 is 2.53 bits per heavy atom. The van der Waals surface area contributed by atoms with E-state index in [2.05, 4.69) is 44.3 Å². The van der Waals surface area contributed by atoms with E-state index in [1.54, 1.807) is 28.0 Å². The van der Waals surface area contributed by atoms with Gasteiger partial charge in [-0.2, -0.15) is 0 Å². The molecule has 2 aromatic carbocycles. The first-order valence-electron chi connectivity index (χ1n) is 14.7. The average molecular weight is 599 g/mol. The molecule has 2 saturated heterocycles. The predicted octanol–water partition coefficient (Wildman–Crippen LogP) is 3.11. The molecule has 2 fully saturated rings. The number of hydrogen-bond donors (Lipinski definition) is 2. The van der Waals surface area contributed by atoms with E-state index >= 15 is 0 Å². The largest absolute Gasteiger partial charge is 0.395 e. The second kappa shape index (κ2) is 12.0. The molecule has 11 heteroatoms. The van der Waals surface area contributed by atoms with Crippen molar-refractivity contribution in [3.63, 3.8) is 0 Å². The number of aliphatic hydroxyl groups excluding tert-OH is 1. The predicted molar refractivity (Wildman–Crippen MR) is 171 cm³/mol. The number of benzene rings is 2. The SMILES string of the molecule is O=C(CN1CCN(CCO)CC1)Nc1ccc2sc3c(-c4cccn5c(=O)cc(N6CCOCC6)nc45)cccc3c2c1. The van der Waals surface area contributed by atoms with Crippen molar-refractivity contribution in [3.8, 4) is 11.1 Å². The molecule has 222 valence electrons. The molecule has 0 bridgehead atoms. The molecule has 0 atom stereocenters. The van der Waals surface area contributed by atoms with Crippen LogP contribution in [0.2, 0.25) is 0 Å². The van der Waals surface area contributed by atoms with E-state index in [1.807, 2.05) is 24.3 Å². The third-order valence-corrected chi connectivity index (χ3v) is 9.55. The molecule has 2 aliphatic heterocycles. The van der Waals surface area contributed by atoms with Crippen molar-refractivity contribution in [2.45, 2.75) is 0 Å². The summed E-state index contributed by atoms with van der Waals surface area (Å²) < 4.78 is 9.35. The first kappa shape index (κ1) is 27.9. The van der Waals surface area contributed by atoms with Crippen LogP contribution in [0.4, 0.5) is 11.5 Å². The quantitative estimate of drug-likeness (QED) is 0.295. The second-order valence-corrected chi connectivity index (χ2v) is 12.1. The van der Waals surface area contributed by atoms with Crippen LogP contribution in [0, 0.1) is 0 Å². The number of nitrogens with zero attached hydrogens (tertiary/aromatic N) is 5. The number of piperazine rings is 1. The van der Waals surface area contributed by atoms with Crippen molar-refractivity contribution in [2.75, 3.05) is 82.4 Å². The van der Waals surface area contributed by atoms with Gasteiger partial charge in [0.15, 0.2) is 0 Å². The van der Waals surface area contributed by atoms with E-state index in [0.29, 0.717) is 50.9 Å². The molecule has 0 unspecified atom stereocenters. The van der Waals surface area contributed by atoms with E-state index in [4.69, 9.17) is 14.8 Å². The highest BCUT2D eigenvalue weighted by Gasteiger charge is 2.20. The fraction of sp³-hybridized carbons (Fsp3) is 0.344. The van der Waals surface area contributed by atoms with Gasteiger partial charge in [-0.25, -0.2) is 4.98 Å². The van der Waals surface area contributed by atoms with Crippen LogP contribution in [0.3, 0.4) is 0 Å². The van der Waals surface area contributed by atoms with Gasteiger partial charge in [0, 0.05) is 95.1 Å². The lowest BCUT2D eigenvalue weighted by Crippen LogP contribution is -2.49. The highest BCUT2D eigenvalue weighted by Crippen LogP contribution is 2.41. The van der Waals surface area contributed by atoms with Crippen LogP contribution in [0.5, 0.6) is 0 Å². The van der Waals surface area contributed by atoms with Crippen LogP contribution in [0.15, 0.2) is 65.6 Å². The number of β-amino-alcohol motifs (C(OH)–C–C–N with tert-alkyl or cyclic N) is 1. The molecule has 0 saturated carbocycles. The Bertz CT molecular complexity index is 1860. The maximum atomic E-state index is 13.1. The van der Waals surface area contributed by atoms with Gasteiger partial charge in [-0.15, -0.1) is 11.3 Å². The smallest absolute Gasteiger partial charge is 0.259 e. The van der Waals surface area contributed by atoms with Crippen molar-refractivity contribution in [2.24, 2.45) is 0 Å². The highest BCUT2D eigenvalue weighted by atomic mass is 32.1. The molecule has 3 aromatic heterocycles. The molecular formula is C32H34N6O4S. The van der Waals surface area contributed by atoms with Gasteiger partial charge in [0.1, 0.15) is 11.5 Å². The molecule has 10 nitrogen and oxygen atoms in total. The summed E-state index contributed by atoms with van der Waals surface area (Å²) in [6, 6.07) is 17.8. The van der Waals surface area contributed by atoms with Crippen LogP contribution < -0.4 is 15.8 Å². The third-order valence-electron chi connectivity index (χ3n) is 8.33. The number of carbonyl (C=O) groups excluding carboxylic acids is 1. The Morgan fingerprint density at radius 2 is 1.72 bits per heavy atom. The summed E-state index contributed by atoms with van der Waals surface area (Å²) in [5.41, 5.74) is 3.22. The van der Waals surface area contributed by atoms with E-state index in [9.17, 15) is 9.59 Å². The summed E-state index contributed by atoms with van der Waals surface area (Å²) in [6.45, 7) is 7.19. The number of rotatable bonds is 7. The summed E-state index contributed by atoms with van der Waals surface area (Å²) in [5, 5.41) is 14.4. The average Bonchev–Trinajstić information content (AvgIpc) is 3.40. The zero-order chi connectivity index (χ0) is 29.3. The van der Waals surface area contributed by atoms with E-state index < -0.39 is 0 Å². The van der Waals surface area contributed by atoms with E-state index in [1.165, 1.54) is 0 Å². The highest BCUT2D eigenvalue weighted by molar-refractivity contribution is 7.26. The summed E-state index contributed by atoms with van der Waals surface area (Å²) in [4.78, 5) is 37.5. The molecule has 2 aliphatic rings. The number of amides is 1. The Balaban J connectivity index is 1.19. The number of morpholine rings is 1. The van der Waals surface area contributed by atoms with Gasteiger partial charge in [-0.05, 0) is 30.3 Å². The molecule has 0 spiro atoms. The Kier molecular flexibility index (Phi) is 7.81. The molecule has 5 heterocycles. The zero-order valence-electron chi connectivity index (χ0n) is 23.9. The Morgan fingerprint density at radius 1 is 0.930 bits per heavy atom. The minimum atomic E-state index is -0.107. The normalized spacial score (nSPS) is 16.8. The molecule has 43 heavy (non-hydrogen) atoms. The van der Waals surface area contributed by atoms with Gasteiger partial charge in [0.25, 0.3) is 5.56 Å². The van der Waals surface area contributed by atoms with Crippen molar-refractivity contribution < 1.29 is 14.6 Å². The third kappa shape index (κ3) is 5.62. The first-order chi connectivity index (χ1) is 21.1. The molecule has 1 amide bonds. The minimum Gasteiger partial charge on any atom is -0.395 e. The Labute approximate surface area is 252 Å². The summed E-state index contributed by atoms with van der Waals surface area (Å²) in [7, 11) is 0. The number of pyridine rings is 1. The zero-order valence-corrected chi connectivity index (χ0v) is 24.7. The lowest BCUT2D eigenvalue weighted by atomic mass is 10.0. The number of hydrogen-bond acceptors (Lipinski definition) is 9. The number of fused-ring (bicyclic) bond motifs is 4. The van der Waals surface area contributed by atoms with Crippen LogP contribution in [0.25, 0.3) is 36.9 Å². The second-order valence-electron chi connectivity index (χ2n) is 11.1. The fourth-order valence-electron chi connectivity index (χ4n) is 6.08. The number of nitrogens with one attached hydrogen (secondary N) is 1. The Hall–Kier alpha value is -3.87. The molecule has 0 aliphatic carbocycles. The summed E-state index contributed by atoms with van der Waals surface area (Å²) >= 11 is 1.70. The summed E-state index contributed by atoms with van der Waals surface area (Å²) in [5.74, 6) is 0.648. The van der Waals surface area contributed by atoms with Crippen molar-refractivity contribution >= 4 is 54.6 Å². The molecule has 2 N–H and O–H groups in total. The standard InChI is InChI=1S/C32H34N6O4S/c39-16-13-35-9-11-36(12-10-35)21-29(40)33-22-6-7-27-26(19-22)24-4-1-3-23(31(24)43-27)25-5-2-8-38-30(41)20-28(34-32(25)38)37-14-17-42-18-15-37/h1-8,19-20,39H,9-18,21H2,(H,33,40). The summed E-state index contributed by atoms with van der Waals surface area (Å²) in [6.07, 6.45) is 1.77. The number of ether oxygens (including phenoxy) is 1. The van der Waals surface area contributed by atoms with Gasteiger partial charge < -0.3 is 20.1 Å². The maximum absolute atomic E-state index is 13.1. The van der Waals surface area contributed by atoms with Crippen molar-refractivity contribution in [1.29, 1.82) is 0 Å². The number of aromatic nitrogens is 2. The number of thiophene rings is 1. The molecule has 0 radical (unpaired) electrons. The van der Waals surface area contributed by atoms with Gasteiger partial charge >= 0.3 is 0 Å². The van der Waals surface area contributed by atoms with Crippen LogP contribution >= 0.6 is 11.3 Å². The minimum absolute atomic E-state index is 0.0291. The van der Waals surface area contributed by atoms with E-state index in [0.717, 1.165) is 63.2 Å². The molecule has 7 rings (SSSR count). The number of carbonyl (C=O) groups is 1. The number of aliphatic hydroxyl groups is 1. The number of anilines is 2. The fourth-order valence-corrected chi connectivity index (χ4v) is 7.29. The van der Waals surface area contributed by atoms with E-state index in [-0.39, 0.29) is 18.1 Å². The van der Waals surface area contributed by atoms with Gasteiger partial charge in [0.2, 0.25) is 5.91 Å².